The molecule has 1 unspecified atom stereocenters. The zero-order valence-electron chi connectivity index (χ0n) is 10.5. The first-order chi connectivity index (χ1) is 8.24. The fourth-order valence-electron chi connectivity index (χ4n) is 1.49. The molecule has 3 nitrogen and oxygen atoms in total. The van der Waals surface area contributed by atoms with Crippen molar-refractivity contribution in [3.05, 3.63) is 34.3 Å². The largest absolute Gasteiger partial charge is 0.383 e. The summed E-state index contributed by atoms with van der Waals surface area (Å²) in [6, 6.07) is 8.73. The highest BCUT2D eigenvalue weighted by molar-refractivity contribution is 9.10. The third-order valence-corrected chi connectivity index (χ3v) is 3.31. The molecular formula is C13H21BrN2O. The van der Waals surface area contributed by atoms with Gasteiger partial charge in [-0.15, -0.1) is 0 Å². The lowest BCUT2D eigenvalue weighted by Gasteiger charge is -2.15. The van der Waals surface area contributed by atoms with Gasteiger partial charge in [0.15, 0.2) is 0 Å². The summed E-state index contributed by atoms with van der Waals surface area (Å²) in [5, 5.41) is 6.82. The van der Waals surface area contributed by atoms with Crippen LogP contribution in [0.4, 0.5) is 0 Å². The van der Waals surface area contributed by atoms with Gasteiger partial charge < -0.3 is 15.4 Å². The Bertz CT molecular complexity index is 320. The molecule has 17 heavy (non-hydrogen) atoms. The first kappa shape index (κ1) is 14.6. The molecule has 0 heterocycles. The van der Waals surface area contributed by atoms with Gasteiger partial charge in [0.1, 0.15) is 0 Å². The van der Waals surface area contributed by atoms with Gasteiger partial charge in [0.25, 0.3) is 0 Å². The van der Waals surface area contributed by atoms with E-state index in [0.717, 1.165) is 30.7 Å². The molecule has 0 spiro atoms. The van der Waals surface area contributed by atoms with Crippen molar-refractivity contribution in [1.29, 1.82) is 0 Å². The Hall–Kier alpha value is -0.420. The van der Waals surface area contributed by atoms with E-state index in [1.165, 1.54) is 5.56 Å². The summed E-state index contributed by atoms with van der Waals surface area (Å²) >= 11 is 3.55. The summed E-state index contributed by atoms with van der Waals surface area (Å²) in [4.78, 5) is 0. The molecule has 2 N–H and O–H groups in total. The molecule has 0 aliphatic carbocycles. The number of methoxy groups -OCH3 is 1. The number of hydrogen-bond acceptors (Lipinski definition) is 3. The number of ether oxygens (including phenoxy) is 1. The summed E-state index contributed by atoms with van der Waals surface area (Å²) in [6.45, 7) is 5.67. The van der Waals surface area contributed by atoms with E-state index in [0.29, 0.717) is 6.04 Å². The van der Waals surface area contributed by atoms with Crippen molar-refractivity contribution in [2.75, 3.05) is 26.8 Å². The molecule has 0 aliphatic rings. The van der Waals surface area contributed by atoms with Crippen LogP contribution in [0.2, 0.25) is 0 Å². The van der Waals surface area contributed by atoms with Gasteiger partial charge in [-0.3, -0.25) is 0 Å². The normalized spacial score (nSPS) is 12.6. The molecule has 0 aromatic heterocycles. The Balaban J connectivity index is 2.19. The summed E-state index contributed by atoms with van der Waals surface area (Å²) < 4.78 is 6.14. The van der Waals surface area contributed by atoms with Crippen molar-refractivity contribution >= 4 is 15.9 Å². The summed E-state index contributed by atoms with van der Waals surface area (Å²) in [6.07, 6.45) is 0. The van der Waals surface area contributed by atoms with Crippen LogP contribution in [0.5, 0.6) is 0 Å². The maximum absolute atomic E-state index is 4.98. The molecule has 0 saturated carbocycles. The van der Waals surface area contributed by atoms with Crippen LogP contribution in [0.1, 0.15) is 12.5 Å². The molecule has 0 amide bonds. The van der Waals surface area contributed by atoms with Crippen molar-refractivity contribution in [2.24, 2.45) is 0 Å². The first-order valence-electron chi connectivity index (χ1n) is 5.90. The highest BCUT2D eigenvalue weighted by atomic mass is 79.9. The van der Waals surface area contributed by atoms with Crippen LogP contribution in [-0.4, -0.2) is 32.8 Å². The minimum Gasteiger partial charge on any atom is -0.383 e. The minimum absolute atomic E-state index is 0.443. The second-order valence-corrected chi connectivity index (χ2v) is 4.92. The SMILES string of the molecule is COCCNCC(C)NCc1ccccc1Br. The Kier molecular flexibility index (Phi) is 7.44. The highest BCUT2D eigenvalue weighted by Crippen LogP contribution is 2.15. The van der Waals surface area contributed by atoms with E-state index in [-0.39, 0.29) is 0 Å². The van der Waals surface area contributed by atoms with Gasteiger partial charge in [-0.05, 0) is 18.6 Å². The van der Waals surface area contributed by atoms with E-state index in [1.807, 2.05) is 6.07 Å². The number of nitrogens with one attached hydrogen (secondary N) is 2. The monoisotopic (exact) mass is 300 g/mol. The zero-order valence-corrected chi connectivity index (χ0v) is 12.1. The number of benzene rings is 1. The predicted molar refractivity (Wildman–Crippen MR) is 75.2 cm³/mol. The van der Waals surface area contributed by atoms with E-state index < -0.39 is 0 Å². The fraction of sp³-hybridized carbons (Fsp3) is 0.538. The molecule has 1 rings (SSSR count). The number of rotatable bonds is 8. The van der Waals surface area contributed by atoms with Crippen LogP contribution in [0.3, 0.4) is 0 Å². The Morgan fingerprint density at radius 2 is 2.12 bits per heavy atom. The van der Waals surface area contributed by atoms with Crippen molar-refractivity contribution in [3.8, 4) is 0 Å². The fourth-order valence-corrected chi connectivity index (χ4v) is 1.92. The lowest BCUT2D eigenvalue weighted by Crippen LogP contribution is -2.37. The van der Waals surface area contributed by atoms with E-state index >= 15 is 0 Å². The van der Waals surface area contributed by atoms with Gasteiger partial charge in [0, 0.05) is 37.3 Å². The van der Waals surface area contributed by atoms with Gasteiger partial charge in [0.2, 0.25) is 0 Å². The summed E-state index contributed by atoms with van der Waals surface area (Å²) in [5.74, 6) is 0. The third kappa shape index (κ3) is 6.17. The molecule has 0 fully saturated rings. The van der Waals surface area contributed by atoms with E-state index in [2.05, 4.69) is 51.7 Å². The topological polar surface area (TPSA) is 33.3 Å². The molecular weight excluding hydrogens is 280 g/mol. The van der Waals surface area contributed by atoms with Gasteiger partial charge in [-0.1, -0.05) is 34.1 Å². The molecule has 0 bridgehead atoms. The van der Waals surface area contributed by atoms with Crippen LogP contribution in [0.25, 0.3) is 0 Å². The lowest BCUT2D eigenvalue weighted by molar-refractivity contribution is 0.198. The predicted octanol–water partition coefficient (Wildman–Crippen LogP) is 2.16. The van der Waals surface area contributed by atoms with Gasteiger partial charge >= 0.3 is 0 Å². The quantitative estimate of drug-likeness (QED) is 0.722. The van der Waals surface area contributed by atoms with Crippen molar-refractivity contribution in [2.45, 2.75) is 19.5 Å². The van der Waals surface area contributed by atoms with E-state index in [4.69, 9.17) is 4.74 Å². The number of halogens is 1. The average molecular weight is 301 g/mol. The van der Waals surface area contributed by atoms with Crippen molar-refractivity contribution in [1.82, 2.24) is 10.6 Å². The average Bonchev–Trinajstić information content (AvgIpc) is 2.34. The molecule has 96 valence electrons. The maximum Gasteiger partial charge on any atom is 0.0587 e. The van der Waals surface area contributed by atoms with Crippen molar-refractivity contribution < 1.29 is 4.74 Å². The first-order valence-corrected chi connectivity index (χ1v) is 6.69. The number of hydrogen-bond donors (Lipinski definition) is 2. The van der Waals surface area contributed by atoms with Crippen LogP contribution in [-0.2, 0) is 11.3 Å². The maximum atomic E-state index is 4.98. The van der Waals surface area contributed by atoms with E-state index in [9.17, 15) is 0 Å². The van der Waals surface area contributed by atoms with E-state index in [1.54, 1.807) is 7.11 Å². The summed E-state index contributed by atoms with van der Waals surface area (Å²) in [7, 11) is 1.72. The Labute approximate surface area is 112 Å². The molecule has 4 heteroatoms. The Morgan fingerprint density at radius 1 is 1.35 bits per heavy atom. The van der Waals surface area contributed by atoms with Gasteiger partial charge in [-0.2, -0.15) is 0 Å². The molecule has 0 saturated heterocycles. The molecule has 1 aromatic rings. The Morgan fingerprint density at radius 3 is 2.82 bits per heavy atom. The van der Waals surface area contributed by atoms with Crippen LogP contribution in [0, 0.1) is 0 Å². The van der Waals surface area contributed by atoms with Crippen LogP contribution in [0.15, 0.2) is 28.7 Å². The third-order valence-electron chi connectivity index (χ3n) is 2.53. The van der Waals surface area contributed by atoms with Crippen LogP contribution < -0.4 is 10.6 Å². The second kappa shape index (κ2) is 8.64. The lowest BCUT2D eigenvalue weighted by atomic mass is 10.2. The molecule has 0 aliphatic heterocycles. The van der Waals surface area contributed by atoms with Gasteiger partial charge in [0.05, 0.1) is 6.61 Å². The van der Waals surface area contributed by atoms with Gasteiger partial charge in [-0.25, -0.2) is 0 Å². The molecule has 0 radical (unpaired) electrons. The highest BCUT2D eigenvalue weighted by Gasteiger charge is 2.02. The van der Waals surface area contributed by atoms with Crippen LogP contribution >= 0.6 is 15.9 Å². The standard InChI is InChI=1S/C13H21BrN2O/c1-11(9-15-7-8-17-2)16-10-12-5-3-4-6-13(12)14/h3-6,11,15-16H,7-10H2,1-2H3. The molecule has 1 aromatic carbocycles. The van der Waals surface area contributed by atoms with Crippen molar-refractivity contribution in [3.63, 3.8) is 0 Å². The minimum atomic E-state index is 0.443. The smallest absolute Gasteiger partial charge is 0.0587 e. The molecule has 1 atom stereocenters. The second-order valence-electron chi connectivity index (χ2n) is 4.07. The summed E-state index contributed by atoms with van der Waals surface area (Å²) in [5.41, 5.74) is 1.29. The zero-order chi connectivity index (χ0) is 12.5.